The van der Waals surface area contributed by atoms with E-state index in [4.69, 9.17) is 0 Å². The van der Waals surface area contributed by atoms with Crippen LogP contribution in [0.25, 0.3) is 16.6 Å². The van der Waals surface area contributed by atoms with E-state index in [-0.39, 0.29) is 11.8 Å². The van der Waals surface area contributed by atoms with Crippen LogP contribution in [0.1, 0.15) is 32.1 Å². The third-order valence-electron chi connectivity index (χ3n) is 5.67. The average Bonchev–Trinajstić information content (AvgIpc) is 3.34. The van der Waals surface area contributed by atoms with Crippen LogP contribution >= 0.6 is 0 Å². The molecular formula is C25H16N4O2. The van der Waals surface area contributed by atoms with Gasteiger partial charge in [0.25, 0.3) is 11.8 Å². The first-order valence-electron chi connectivity index (χ1n) is 9.97. The fraction of sp³-hybridized carbons (Fsp3) is 0.0400. The van der Waals surface area contributed by atoms with Gasteiger partial charge in [-0.2, -0.15) is 0 Å². The number of aromatic nitrogens is 3. The Kier molecular flexibility index (Phi) is 3.73. The summed E-state index contributed by atoms with van der Waals surface area (Å²) in [7, 11) is 0. The predicted molar refractivity (Wildman–Crippen MR) is 117 cm³/mol. The molecule has 0 N–H and O–H groups in total. The number of imide groups is 1. The van der Waals surface area contributed by atoms with Crippen molar-refractivity contribution in [2.75, 3.05) is 4.90 Å². The van der Waals surface area contributed by atoms with Gasteiger partial charge in [-0.25, -0.2) is 9.88 Å². The van der Waals surface area contributed by atoms with Gasteiger partial charge in [-0.1, -0.05) is 36.4 Å². The van der Waals surface area contributed by atoms with E-state index in [1.807, 2.05) is 60.9 Å². The number of anilines is 1. The summed E-state index contributed by atoms with van der Waals surface area (Å²) in [5.41, 5.74) is 5.36. The Hall–Kier alpha value is -4.32. The zero-order valence-electron chi connectivity index (χ0n) is 16.4. The molecular weight excluding hydrogens is 388 g/mol. The Morgan fingerprint density at radius 2 is 1.35 bits per heavy atom. The van der Waals surface area contributed by atoms with Crippen molar-refractivity contribution in [2.24, 2.45) is 0 Å². The molecule has 2 aromatic heterocycles. The number of hydrogen-bond acceptors (Lipinski definition) is 4. The summed E-state index contributed by atoms with van der Waals surface area (Å²) in [6, 6.07) is 22.4. The van der Waals surface area contributed by atoms with E-state index >= 15 is 0 Å². The lowest BCUT2D eigenvalue weighted by Gasteiger charge is -2.14. The fourth-order valence-corrected chi connectivity index (χ4v) is 4.17. The monoisotopic (exact) mass is 404 g/mol. The summed E-state index contributed by atoms with van der Waals surface area (Å²) >= 11 is 0. The topological polar surface area (TPSA) is 67.6 Å². The lowest BCUT2D eigenvalue weighted by Crippen LogP contribution is -2.29. The zero-order chi connectivity index (χ0) is 20.9. The molecule has 0 radical (unpaired) electrons. The second-order valence-corrected chi connectivity index (χ2v) is 7.52. The molecule has 0 unspecified atom stereocenters. The molecule has 0 aliphatic carbocycles. The number of hydrogen-bond donors (Lipinski definition) is 0. The van der Waals surface area contributed by atoms with Gasteiger partial charge >= 0.3 is 0 Å². The number of benzene rings is 3. The third kappa shape index (κ3) is 2.65. The Bertz CT molecular complexity index is 1470. The molecule has 0 saturated heterocycles. The summed E-state index contributed by atoms with van der Waals surface area (Å²) in [4.78, 5) is 35.7. The Morgan fingerprint density at radius 3 is 2.10 bits per heavy atom. The van der Waals surface area contributed by atoms with E-state index < -0.39 is 0 Å². The van der Waals surface area contributed by atoms with Gasteiger partial charge in [0.05, 0.1) is 45.8 Å². The van der Waals surface area contributed by atoms with Crippen LogP contribution in [0, 0.1) is 0 Å². The smallest absolute Gasteiger partial charge is 0.266 e. The number of carbonyl (C=O) groups excluding carboxylic acids is 2. The van der Waals surface area contributed by atoms with Crippen molar-refractivity contribution in [3.05, 3.63) is 108 Å². The SMILES string of the molecule is O=C1c2ccccc2C(=O)N1c1ccc(Cc2ncc3cnc4ccccc4n23)cc1. The number of imidazole rings is 1. The van der Waals surface area contributed by atoms with E-state index in [0.29, 0.717) is 23.2 Å². The first kappa shape index (κ1) is 17.5. The Labute approximate surface area is 177 Å². The van der Waals surface area contributed by atoms with Crippen LogP contribution in [0.3, 0.4) is 0 Å². The summed E-state index contributed by atoms with van der Waals surface area (Å²) < 4.78 is 2.11. The van der Waals surface area contributed by atoms with E-state index in [2.05, 4.69) is 14.4 Å². The van der Waals surface area contributed by atoms with Crippen LogP contribution in [0.15, 0.2) is 85.2 Å². The van der Waals surface area contributed by atoms with Crippen molar-refractivity contribution in [3.8, 4) is 0 Å². The minimum absolute atomic E-state index is 0.286. The maximum absolute atomic E-state index is 12.7. The number of nitrogens with zero attached hydrogens (tertiary/aromatic N) is 4. The molecule has 0 saturated carbocycles. The van der Waals surface area contributed by atoms with Crippen LogP contribution < -0.4 is 4.90 Å². The second kappa shape index (κ2) is 6.60. The van der Waals surface area contributed by atoms with Gasteiger partial charge in [0.2, 0.25) is 0 Å². The minimum atomic E-state index is -0.286. The molecule has 148 valence electrons. The van der Waals surface area contributed by atoms with Crippen molar-refractivity contribution >= 4 is 34.1 Å². The van der Waals surface area contributed by atoms with Crippen LogP contribution in [-0.2, 0) is 6.42 Å². The molecule has 0 bridgehead atoms. The molecule has 6 heteroatoms. The summed E-state index contributed by atoms with van der Waals surface area (Å²) in [6.07, 6.45) is 4.26. The quantitative estimate of drug-likeness (QED) is 0.421. The molecule has 5 aromatic rings. The van der Waals surface area contributed by atoms with Crippen LogP contribution in [0.4, 0.5) is 5.69 Å². The van der Waals surface area contributed by atoms with Crippen LogP contribution in [0.2, 0.25) is 0 Å². The van der Waals surface area contributed by atoms with Crippen molar-refractivity contribution in [3.63, 3.8) is 0 Å². The van der Waals surface area contributed by atoms with E-state index in [1.165, 1.54) is 4.90 Å². The number of rotatable bonds is 3. The number of carbonyl (C=O) groups is 2. The van der Waals surface area contributed by atoms with Crippen molar-refractivity contribution in [1.29, 1.82) is 0 Å². The molecule has 1 aliphatic heterocycles. The lowest BCUT2D eigenvalue weighted by atomic mass is 10.1. The molecule has 2 amide bonds. The first-order chi connectivity index (χ1) is 15.2. The molecule has 1 aliphatic rings. The highest BCUT2D eigenvalue weighted by atomic mass is 16.2. The van der Waals surface area contributed by atoms with Gasteiger partial charge < -0.3 is 0 Å². The largest absolute Gasteiger partial charge is 0.293 e. The van der Waals surface area contributed by atoms with Gasteiger partial charge in [-0.05, 0) is 42.0 Å². The van der Waals surface area contributed by atoms with Gasteiger partial charge in [0, 0.05) is 6.42 Å². The highest BCUT2D eigenvalue weighted by Gasteiger charge is 2.36. The Balaban J connectivity index is 1.33. The van der Waals surface area contributed by atoms with Gasteiger partial charge in [0.1, 0.15) is 5.82 Å². The van der Waals surface area contributed by atoms with E-state index in [0.717, 1.165) is 27.9 Å². The van der Waals surface area contributed by atoms with Gasteiger partial charge in [0.15, 0.2) is 0 Å². The summed E-state index contributed by atoms with van der Waals surface area (Å²) in [5.74, 6) is 0.334. The highest BCUT2D eigenvalue weighted by Crippen LogP contribution is 2.28. The molecule has 3 heterocycles. The normalized spacial score (nSPS) is 13.4. The maximum Gasteiger partial charge on any atom is 0.266 e. The summed E-state index contributed by atoms with van der Waals surface area (Å²) in [6.45, 7) is 0. The second-order valence-electron chi connectivity index (χ2n) is 7.52. The van der Waals surface area contributed by atoms with E-state index in [9.17, 15) is 9.59 Å². The van der Waals surface area contributed by atoms with Crippen LogP contribution in [0.5, 0.6) is 0 Å². The third-order valence-corrected chi connectivity index (χ3v) is 5.67. The standard InChI is InChI=1S/C25H16N4O2/c30-24-19-5-1-2-6-20(19)25(31)29(24)17-11-9-16(10-12-17)13-23-27-15-18-14-26-21-7-3-4-8-22(21)28(18)23/h1-12,14-15H,13H2. The maximum atomic E-state index is 12.7. The first-order valence-corrected chi connectivity index (χ1v) is 9.97. The average molecular weight is 404 g/mol. The van der Waals surface area contributed by atoms with Crippen molar-refractivity contribution in [1.82, 2.24) is 14.4 Å². The van der Waals surface area contributed by atoms with Crippen molar-refractivity contribution in [2.45, 2.75) is 6.42 Å². The van der Waals surface area contributed by atoms with Gasteiger partial charge in [-0.15, -0.1) is 0 Å². The number of para-hydroxylation sites is 2. The predicted octanol–water partition coefficient (Wildman–Crippen LogP) is 4.27. The molecule has 6 nitrogen and oxygen atoms in total. The Morgan fingerprint density at radius 1 is 0.710 bits per heavy atom. The molecule has 6 rings (SSSR count). The molecule has 0 spiro atoms. The number of amides is 2. The molecule has 3 aromatic carbocycles. The minimum Gasteiger partial charge on any atom is -0.293 e. The molecule has 0 atom stereocenters. The fourth-order valence-electron chi connectivity index (χ4n) is 4.17. The molecule has 31 heavy (non-hydrogen) atoms. The van der Waals surface area contributed by atoms with Gasteiger partial charge in [-0.3, -0.25) is 19.0 Å². The van der Waals surface area contributed by atoms with Crippen LogP contribution in [-0.4, -0.2) is 26.2 Å². The summed E-state index contributed by atoms with van der Waals surface area (Å²) in [5, 5.41) is 0. The molecule has 0 fully saturated rings. The van der Waals surface area contributed by atoms with Crippen molar-refractivity contribution < 1.29 is 9.59 Å². The highest BCUT2D eigenvalue weighted by molar-refractivity contribution is 6.34. The zero-order valence-corrected chi connectivity index (χ0v) is 16.4. The lowest BCUT2D eigenvalue weighted by molar-refractivity contribution is 0.0926. The van der Waals surface area contributed by atoms with E-state index in [1.54, 1.807) is 24.3 Å². The number of fused-ring (bicyclic) bond motifs is 4.